The van der Waals surface area contributed by atoms with Crippen molar-refractivity contribution in [3.05, 3.63) is 46.2 Å². The number of thiophene rings is 1. The maximum atomic E-state index is 11.0. The predicted molar refractivity (Wildman–Crippen MR) is 80.5 cm³/mol. The normalized spacial score (nSPS) is 12.1. The topological polar surface area (TPSA) is 81.1 Å². The molecule has 0 saturated heterocycles. The van der Waals surface area contributed by atoms with E-state index in [1.807, 2.05) is 0 Å². The lowest BCUT2D eigenvalue weighted by Gasteiger charge is -2.16. The SMILES string of the molecule is CC(Cc1ccsc1)Nc1ccc(C(N)=O)cc1N. The molecular weight excluding hydrogens is 258 g/mol. The lowest BCUT2D eigenvalue weighted by molar-refractivity contribution is 0.100. The van der Waals surface area contributed by atoms with Crippen molar-refractivity contribution in [1.29, 1.82) is 0 Å². The van der Waals surface area contributed by atoms with Gasteiger partial charge < -0.3 is 16.8 Å². The molecule has 19 heavy (non-hydrogen) atoms. The molecule has 0 aliphatic heterocycles. The van der Waals surface area contributed by atoms with E-state index in [4.69, 9.17) is 11.5 Å². The smallest absolute Gasteiger partial charge is 0.248 e. The molecule has 0 spiro atoms. The first kappa shape index (κ1) is 13.4. The summed E-state index contributed by atoms with van der Waals surface area (Å²) in [6.07, 6.45) is 0.931. The lowest BCUT2D eigenvalue weighted by atomic mass is 10.1. The molecular formula is C14H17N3OS. The number of carbonyl (C=O) groups excluding carboxylic acids is 1. The molecule has 0 bridgehead atoms. The van der Waals surface area contributed by atoms with Gasteiger partial charge in [-0.2, -0.15) is 11.3 Å². The number of hydrogen-bond donors (Lipinski definition) is 3. The predicted octanol–water partition coefficient (Wildman–Crippen LogP) is 2.47. The van der Waals surface area contributed by atoms with Crippen molar-refractivity contribution in [1.82, 2.24) is 0 Å². The van der Waals surface area contributed by atoms with Crippen LogP contribution in [-0.4, -0.2) is 11.9 Å². The highest BCUT2D eigenvalue weighted by Gasteiger charge is 2.08. The minimum absolute atomic E-state index is 0.260. The molecule has 4 nitrogen and oxygen atoms in total. The van der Waals surface area contributed by atoms with Gasteiger partial charge in [-0.1, -0.05) is 0 Å². The highest BCUT2D eigenvalue weighted by atomic mass is 32.1. The van der Waals surface area contributed by atoms with Crippen LogP contribution in [0.3, 0.4) is 0 Å². The Morgan fingerprint density at radius 1 is 1.42 bits per heavy atom. The molecule has 1 aromatic carbocycles. The Morgan fingerprint density at radius 2 is 2.21 bits per heavy atom. The van der Waals surface area contributed by atoms with Crippen LogP contribution in [0.1, 0.15) is 22.8 Å². The number of amides is 1. The highest BCUT2D eigenvalue weighted by Crippen LogP contribution is 2.21. The van der Waals surface area contributed by atoms with E-state index in [0.717, 1.165) is 12.1 Å². The van der Waals surface area contributed by atoms with Gasteiger partial charge in [-0.25, -0.2) is 0 Å². The number of rotatable bonds is 5. The minimum atomic E-state index is -0.468. The van der Waals surface area contributed by atoms with Gasteiger partial charge in [-0.3, -0.25) is 4.79 Å². The van der Waals surface area contributed by atoms with E-state index in [1.54, 1.807) is 29.5 Å². The summed E-state index contributed by atoms with van der Waals surface area (Å²) in [4.78, 5) is 11.0. The standard InChI is InChI=1S/C14H17N3OS/c1-9(6-10-4-5-19-8-10)17-13-3-2-11(14(16)18)7-12(13)15/h2-5,7-9,17H,6,15H2,1H3,(H2,16,18). The molecule has 5 heteroatoms. The second kappa shape index (κ2) is 5.75. The van der Waals surface area contributed by atoms with Crippen LogP contribution in [0.25, 0.3) is 0 Å². The number of nitrogens with one attached hydrogen (secondary N) is 1. The van der Waals surface area contributed by atoms with Gasteiger partial charge in [0.05, 0.1) is 11.4 Å². The number of hydrogen-bond acceptors (Lipinski definition) is 4. The van der Waals surface area contributed by atoms with Crippen molar-refractivity contribution in [2.45, 2.75) is 19.4 Å². The number of nitrogen functional groups attached to an aromatic ring is 1. The van der Waals surface area contributed by atoms with Crippen molar-refractivity contribution in [3.8, 4) is 0 Å². The van der Waals surface area contributed by atoms with Gasteiger partial charge in [0.2, 0.25) is 5.91 Å². The van der Waals surface area contributed by atoms with Gasteiger partial charge in [0.1, 0.15) is 0 Å². The van der Waals surface area contributed by atoms with Crippen LogP contribution < -0.4 is 16.8 Å². The highest BCUT2D eigenvalue weighted by molar-refractivity contribution is 7.07. The average Bonchev–Trinajstić information content (AvgIpc) is 2.84. The van der Waals surface area contributed by atoms with Gasteiger partial charge in [0.15, 0.2) is 0 Å². The molecule has 1 unspecified atom stereocenters. The number of carbonyl (C=O) groups is 1. The third-order valence-corrected chi connectivity index (χ3v) is 3.59. The van der Waals surface area contributed by atoms with E-state index >= 15 is 0 Å². The summed E-state index contributed by atoms with van der Waals surface area (Å²) in [5.74, 6) is -0.468. The largest absolute Gasteiger partial charge is 0.397 e. The quantitative estimate of drug-likeness (QED) is 0.733. The fraction of sp³-hybridized carbons (Fsp3) is 0.214. The van der Waals surface area contributed by atoms with Crippen molar-refractivity contribution < 1.29 is 4.79 Å². The van der Waals surface area contributed by atoms with Gasteiger partial charge in [-0.15, -0.1) is 0 Å². The first-order valence-electron chi connectivity index (χ1n) is 6.03. The molecule has 1 heterocycles. The first-order valence-corrected chi connectivity index (χ1v) is 6.97. The van der Waals surface area contributed by atoms with Gasteiger partial charge in [0, 0.05) is 11.6 Å². The van der Waals surface area contributed by atoms with Crippen LogP contribution in [0, 0.1) is 0 Å². The van der Waals surface area contributed by atoms with E-state index in [2.05, 4.69) is 29.1 Å². The maximum Gasteiger partial charge on any atom is 0.248 e. The summed E-state index contributed by atoms with van der Waals surface area (Å²) >= 11 is 1.69. The fourth-order valence-corrected chi connectivity index (χ4v) is 2.61. The molecule has 1 amide bonds. The van der Waals surface area contributed by atoms with Crippen LogP contribution in [-0.2, 0) is 6.42 Å². The van der Waals surface area contributed by atoms with Crippen LogP contribution in [0.2, 0.25) is 0 Å². The lowest BCUT2D eigenvalue weighted by Crippen LogP contribution is -2.19. The molecule has 1 atom stereocenters. The Balaban J connectivity index is 2.04. The molecule has 0 fully saturated rings. The second-order valence-corrected chi connectivity index (χ2v) is 5.33. The van der Waals surface area contributed by atoms with E-state index in [0.29, 0.717) is 11.3 Å². The molecule has 100 valence electrons. The molecule has 2 rings (SSSR count). The number of primary amides is 1. The van der Waals surface area contributed by atoms with Crippen molar-refractivity contribution in [2.24, 2.45) is 5.73 Å². The van der Waals surface area contributed by atoms with Crippen LogP contribution in [0.4, 0.5) is 11.4 Å². The second-order valence-electron chi connectivity index (χ2n) is 4.55. The number of benzene rings is 1. The van der Waals surface area contributed by atoms with Crippen molar-refractivity contribution in [2.75, 3.05) is 11.1 Å². The monoisotopic (exact) mass is 275 g/mol. The van der Waals surface area contributed by atoms with Crippen LogP contribution in [0.5, 0.6) is 0 Å². The Hall–Kier alpha value is -2.01. The number of anilines is 2. The van der Waals surface area contributed by atoms with E-state index < -0.39 is 5.91 Å². The minimum Gasteiger partial charge on any atom is -0.397 e. The fourth-order valence-electron chi connectivity index (χ4n) is 1.93. The third kappa shape index (κ3) is 3.48. The number of nitrogens with two attached hydrogens (primary N) is 2. The Bertz CT molecular complexity index is 566. The van der Waals surface area contributed by atoms with Crippen molar-refractivity contribution in [3.63, 3.8) is 0 Å². The Kier molecular flexibility index (Phi) is 4.06. The molecule has 2 aromatic rings. The zero-order chi connectivity index (χ0) is 13.8. The Morgan fingerprint density at radius 3 is 2.79 bits per heavy atom. The summed E-state index contributed by atoms with van der Waals surface area (Å²) in [5, 5.41) is 7.55. The van der Waals surface area contributed by atoms with Gasteiger partial charge in [-0.05, 0) is 53.9 Å². The summed E-state index contributed by atoms with van der Waals surface area (Å²) in [5.41, 5.74) is 14.2. The van der Waals surface area contributed by atoms with Crippen LogP contribution in [0.15, 0.2) is 35.0 Å². The average molecular weight is 275 g/mol. The molecule has 0 saturated carbocycles. The summed E-state index contributed by atoms with van der Waals surface area (Å²) in [6.45, 7) is 2.10. The van der Waals surface area contributed by atoms with E-state index in [-0.39, 0.29) is 6.04 Å². The zero-order valence-corrected chi connectivity index (χ0v) is 11.5. The molecule has 0 aliphatic rings. The van der Waals surface area contributed by atoms with Gasteiger partial charge >= 0.3 is 0 Å². The third-order valence-electron chi connectivity index (χ3n) is 2.86. The molecule has 0 aliphatic carbocycles. The molecule has 0 radical (unpaired) electrons. The molecule has 1 aromatic heterocycles. The summed E-state index contributed by atoms with van der Waals surface area (Å²) < 4.78 is 0. The van der Waals surface area contributed by atoms with Crippen molar-refractivity contribution >= 4 is 28.6 Å². The summed E-state index contributed by atoms with van der Waals surface area (Å²) in [6, 6.07) is 7.44. The molecule has 5 N–H and O–H groups in total. The van der Waals surface area contributed by atoms with Gasteiger partial charge in [0.25, 0.3) is 0 Å². The zero-order valence-electron chi connectivity index (χ0n) is 10.7. The maximum absolute atomic E-state index is 11.0. The van der Waals surface area contributed by atoms with Crippen LogP contribution >= 0.6 is 11.3 Å². The summed E-state index contributed by atoms with van der Waals surface area (Å²) in [7, 11) is 0. The van der Waals surface area contributed by atoms with E-state index in [9.17, 15) is 4.79 Å². The Labute approximate surface area is 116 Å². The van der Waals surface area contributed by atoms with E-state index in [1.165, 1.54) is 5.56 Å². The first-order chi connectivity index (χ1) is 9.06.